The third-order valence-electron chi connectivity index (χ3n) is 4.10. The number of Topliss-reactive ketones (excluding diaryl/α,β-unsaturated/α-hetero) is 1. The maximum Gasteiger partial charge on any atom is 0.163 e. The molecule has 0 amide bonds. The second-order valence-corrected chi connectivity index (χ2v) is 4.96. The highest BCUT2D eigenvalue weighted by atomic mass is 16.1. The lowest BCUT2D eigenvalue weighted by Crippen LogP contribution is -2.22. The maximum atomic E-state index is 12.0. The van der Waals surface area contributed by atoms with Gasteiger partial charge < -0.3 is 0 Å². The number of benzene rings is 1. The Morgan fingerprint density at radius 3 is 3.00 bits per heavy atom. The molecule has 15 heavy (non-hydrogen) atoms. The molecule has 0 unspecified atom stereocenters. The van der Waals surface area contributed by atoms with E-state index in [0.717, 1.165) is 12.0 Å². The quantitative estimate of drug-likeness (QED) is 0.626. The van der Waals surface area contributed by atoms with E-state index in [1.54, 1.807) is 0 Å². The third kappa shape index (κ3) is 1.26. The van der Waals surface area contributed by atoms with Crippen LogP contribution in [0.2, 0.25) is 0 Å². The summed E-state index contributed by atoms with van der Waals surface area (Å²) >= 11 is 0. The molecule has 3 rings (SSSR count). The van der Waals surface area contributed by atoms with E-state index in [1.165, 1.54) is 30.4 Å². The molecular weight excluding hydrogens is 184 g/mol. The standard InChI is InChI=1S/C14H16O/c1-9-4-2-7-12-13(15)8-10-5-3-6-11(10)14(9)12/h2,4,7,10-11H,3,5-6,8H2,1H3/t10-,11-/m1/s1. The molecule has 1 fully saturated rings. The van der Waals surface area contributed by atoms with Crippen molar-refractivity contribution in [2.24, 2.45) is 5.92 Å². The Labute approximate surface area is 90.5 Å². The fourth-order valence-electron chi connectivity index (χ4n) is 3.43. The molecule has 1 nitrogen and oxygen atoms in total. The fourth-order valence-corrected chi connectivity index (χ4v) is 3.43. The van der Waals surface area contributed by atoms with Gasteiger partial charge in [-0.1, -0.05) is 24.6 Å². The van der Waals surface area contributed by atoms with E-state index in [-0.39, 0.29) is 0 Å². The second kappa shape index (κ2) is 3.19. The van der Waals surface area contributed by atoms with E-state index in [2.05, 4.69) is 13.0 Å². The Kier molecular flexibility index (Phi) is 1.95. The molecule has 0 radical (unpaired) electrons. The van der Waals surface area contributed by atoms with Crippen molar-refractivity contribution in [2.45, 2.75) is 38.5 Å². The van der Waals surface area contributed by atoms with E-state index in [9.17, 15) is 4.79 Å². The Hall–Kier alpha value is -1.11. The topological polar surface area (TPSA) is 17.1 Å². The summed E-state index contributed by atoms with van der Waals surface area (Å²) in [7, 11) is 0. The first-order chi connectivity index (χ1) is 7.27. The van der Waals surface area contributed by atoms with Crippen LogP contribution in [0.1, 0.15) is 53.1 Å². The van der Waals surface area contributed by atoms with Crippen LogP contribution in [0.15, 0.2) is 18.2 Å². The average molecular weight is 200 g/mol. The lowest BCUT2D eigenvalue weighted by atomic mass is 9.75. The summed E-state index contributed by atoms with van der Waals surface area (Å²) in [5.74, 6) is 1.70. The van der Waals surface area contributed by atoms with E-state index in [4.69, 9.17) is 0 Å². The lowest BCUT2D eigenvalue weighted by Gasteiger charge is -2.28. The number of ketones is 1. The van der Waals surface area contributed by atoms with Crippen molar-refractivity contribution in [1.29, 1.82) is 0 Å². The largest absolute Gasteiger partial charge is 0.294 e. The Bertz CT molecular complexity index is 419. The summed E-state index contributed by atoms with van der Waals surface area (Å²) in [4.78, 5) is 12.0. The van der Waals surface area contributed by atoms with E-state index in [0.29, 0.717) is 17.6 Å². The molecule has 1 aromatic rings. The maximum absolute atomic E-state index is 12.0. The van der Waals surface area contributed by atoms with Crippen LogP contribution in [0.25, 0.3) is 0 Å². The predicted molar refractivity (Wildman–Crippen MR) is 60.2 cm³/mol. The van der Waals surface area contributed by atoms with Crippen LogP contribution in [-0.4, -0.2) is 5.78 Å². The van der Waals surface area contributed by atoms with Crippen LogP contribution in [0.3, 0.4) is 0 Å². The van der Waals surface area contributed by atoms with Crippen molar-refractivity contribution in [2.75, 3.05) is 0 Å². The van der Waals surface area contributed by atoms with Gasteiger partial charge in [-0.05, 0) is 42.7 Å². The van der Waals surface area contributed by atoms with Crippen LogP contribution >= 0.6 is 0 Å². The average Bonchev–Trinajstić information content (AvgIpc) is 2.66. The Morgan fingerprint density at radius 2 is 2.13 bits per heavy atom. The molecule has 2 aliphatic carbocycles. The summed E-state index contributed by atoms with van der Waals surface area (Å²) in [6.07, 6.45) is 4.64. The van der Waals surface area contributed by atoms with E-state index in [1.807, 2.05) is 12.1 Å². The van der Waals surface area contributed by atoms with E-state index < -0.39 is 0 Å². The molecule has 1 saturated carbocycles. The van der Waals surface area contributed by atoms with Crippen molar-refractivity contribution in [3.8, 4) is 0 Å². The van der Waals surface area contributed by atoms with Crippen molar-refractivity contribution in [3.05, 3.63) is 34.9 Å². The number of hydrogen-bond acceptors (Lipinski definition) is 1. The highest BCUT2D eigenvalue weighted by molar-refractivity contribution is 5.99. The van der Waals surface area contributed by atoms with Crippen molar-refractivity contribution >= 4 is 5.78 Å². The molecule has 2 aliphatic rings. The monoisotopic (exact) mass is 200 g/mol. The first kappa shape index (κ1) is 9.14. The van der Waals surface area contributed by atoms with Crippen molar-refractivity contribution < 1.29 is 4.79 Å². The van der Waals surface area contributed by atoms with Crippen LogP contribution in [0.4, 0.5) is 0 Å². The van der Waals surface area contributed by atoms with Gasteiger partial charge >= 0.3 is 0 Å². The van der Waals surface area contributed by atoms with Crippen molar-refractivity contribution in [1.82, 2.24) is 0 Å². The summed E-state index contributed by atoms with van der Waals surface area (Å²) in [6.45, 7) is 2.15. The lowest BCUT2D eigenvalue weighted by molar-refractivity contribution is 0.0943. The van der Waals surface area contributed by atoms with Gasteiger partial charge in [-0.2, -0.15) is 0 Å². The number of carbonyl (C=O) groups is 1. The van der Waals surface area contributed by atoms with Gasteiger partial charge in [-0.3, -0.25) is 4.79 Å². The molecule has 2 atom stereocenters. The molecule has 0 spiro atoms. The van der Waals surface area contributed by atoms with Crippen molar-refractivity contribution in [3.63, 3.8) is 0 Å². The van der Waals surface area contributed by atoms with Gasteiger partial charge in [0.25, 0.3) is 0 Å². The fraction of sp³-hybridized carbons (Fsp3) is 0.500. The highest BCUT2D eigenvalue weighted by Crippen LogP contribution is 2.47. The zero-order valence-corrected chi connectivity index (χ0v) is 9.12. The minimum atomic E-state index is 0.372. The second-order valence-electron chi connectivity index (χ2n) is 4.96. The van der Waals surface area contributed by atoms with Crippen LogP contribution in [-0.2, 0) is 0 Å². The molecule has 0 heterocycles. The van der Waals surface area contributed by atoms with E-state index >= 15 is 0 Å². The van der Waals surface area contributed by atoms with Gasteiger partial charge in [0.1, 0.15) is 0 Å². The van der Waals surface area contributed by atoms with Gasteiger partial charge in [-0.15, -0.1) is 0 Å². The first-order valence-corrected chi connectivity index (χ1v) is 5.90. The normalized spacial score (nSPS) is 28.7. The number of rotatable bonds is 0. The van der Waals surface area contributed by atoms with Crippen LogP contribution in [0, 0.1) is 12.8 Å². The summed E-state index contributed by atoms with van der Waals surface area (Å²) in [5.41, 5.74) is 3.70. The van der Waals surface area contributed by atoms with Gasteiger partial charge in [0.2, 0.25) is 0 Å². The number of fused-ring (bicyclic) bond motifs is 3. The number of carbonyl (C=O) groups excluding carboxylic acids is 1. The summed E-state index contributed by atoms with van der Waals surface area (Å²) in [6, 6.07) is 6.17. The molecule has 0 aliphatic heterocycles. The summed E-state index contributed by atoms with van der Waals surface area (Å²) < 4.78 is 0. The van der Waals surface area contributed by atoms with Gasteiger partial charge in [0.15, 0.2) is 5.78 Å². The highest BCUT2D eigenvalue weighted by Gasteiger charge is 2.37. The predicted octanol–water partition coefficient (Wildman–Crippen LogP) is 3.47. The molecule has 0 N–H and O–H groups in total. The van der Waals surface area contributed by atoms with Gasteiger partial charge in [0, 0.05) is 12.0 Å². The molecule has 0 saturated heterocycles. The molecule has 1 aromatic carbocycles. The van der Waals surface area contributed by atoms with Gasteiger partial charge in [0.05, 0.1) is 0 Å². The molecular formula is C14H16O. The van der Waals surface area contributed by atoms with Gasteiger partial charge in [-0.25, -0.2) is 0 Å². The zero-order valence-electron chi connectivity index (χ0n) is 9.12. The molecule has 0 aromatic heterocycles. The third-order valence-corrected chi connectivity index (χ3v) is 4.10. The minimum Gasteiger partial charge on any atom is -0.294 e. The first-order valence-electron chi connectivity index (χ1n) is 5.90. The molecule has 1 heteroatoms. The number of hydrogen-bond donors (Lipinski definition) is 0. The Balaban J connectivity index is 2.19. The van der Waals surface area contributed by atoms with Crippen LogP contribution < -0.4 is 0 Å². The van der Waals surface area contributed by atoms with Crippen LogP contribution in [0.5, 0.6) is 0 Å². The minimum absolute atomic E-state index is 0.372. The summed E-state index contributed by atoms with van der Waals surface area (Å²) in [5, 5.41) is 0. The smallest absolute Gasteiger partial charge is 0.163 e. The number of aryl methyl sites for hydroxylation is 1. The zero-order chi connectivity index (χ0) is 10.4. The Morgan fingerprint density at radius 1 is 1.27 bits per heavy atom. The SMILES string of the molecule is Cc1cccc2c1[C@@H]1CCC[C@@H]1CC2=O. The molecule has 78 valence electrons. The molecule has 0 bridgehead atoms.